The van der Waals surface area contributed by atoms with Crippen LogP contribution in [0.4, 0.5) is 10.1 Å². The van der Waals surface area contributed by atoms with Crippen LogP contribution in [0.25, 0.3) is 0 Å². The van der Waals surface area contributed by atoms with Gasteiger partial charge in [0.15, 0.2) is 0 Å². The van der Waals surface area contributed by atoms with Gasteiger partial charge in [-0.3, -0.25) is 9.59 Å². The van der Waals surface area contributed by atoms with Crippen molar-refractivity contribution in [3.05, 3.63) is 59.9 Å². The Morgan fingerprint density at radius 3 is 2.32 bits per heavy atom. The fourth-order valence-electron chi connectivity index (χ4n) is 2.45. The normalized spacial score (nSPS) is 11.3. The van der Waals surface area contributed by atoms with E-state index in [0.29, 0.717) is 5.69 Å². The number of carbonyl (C=O) groups is 2. The lowest BCUT2D eigenvalue weighted by Crippen LogP contribution is -2.41. The molecule has 0 aliphatic carbocycles. The first-order chi connectivity index (χ1) is 13.2. The third-order valence-corrected chi connectivity index (χ3v) is 5.82. The van der Waals surface area contributed by atoms with E-state index in [2.05, 4.69) is 10.6 Å². The fourth-order valence-corrected chi connectivity index (χ4v) is 3.58. The Kier molecular flexibility index (Phi) is 7.24. The van der Waals surface area contributed by atoms with Crippen LogP contribution in [0.3, 0.4) is 0 Å². The van der Waals surface area contributed by atoms with Crippen molar-refractivity contribution in [1.82, 2.24) is 9.62 Å². The van der Waals surface area contributed by atoms with Gasteiger partial charge in [-0.05, 0) is 42.3 Å². The molecule has 0 aliphatic heterocycles. The van der Waals surface area contributed by atoms with Gasteiger partial charge in [0.25, 0.3) is 0 Å². The molecule has 0 atom stereocenters. The van der Waals surface area contributed by atoms with Gasteiger partial charge in [0.05, 0.1) is 18.0 Å². The second-order valence-corrected chi connectivity index (χ2v) is 8.10. The van der Waals surface area contributed by atoms with Crippen molar-refractivity contribution >= 4 is 27.5 Å². The minimum atomic E-state index is -3.94. The molecule has 0 saturated heterocycles. The molecule has 2 N–H and O–H groups in total. The second kappa shape index (κ2) is 9.43. The Morgan fingerprint density at radius 2 is 1.68 bits per heavy atom. The molecule has 28 heavy (non-hydrogen) atoms. The van der Waals surface area contributed by atoms with Crippen LogP contribution in [0.5, 0.6) is 0 Å². The number of halogens is 1. The van der Waals surface area contributed by atoms with E-state index in [1.807, 2.05) is 19.1 Å². The largest absolute Gasteiger partial charge is 0.346 e. The number of hydrogen-bond acceptors (Lipinski definition) is 4. The summed E-state index contributed by atoms with van der Waals surface area (Å²) in [5, 5.41) is 5.10. The molecule has 7 nitrogen and oxygen atoms in total. The number of hydrogen-bond donors (Lipinski definition) is 2. The second-order valence-electron chi connectivity index (χ2n) is 6.05. The minimum absolute atomic E-state index is 0.127. The summed E-state index contributed by atoms with van der Waals surface area (Å²) < 4.78 is 38.5. The summed E-state index contributed by atoms with van der Waals surface area (Å²) in [7, 11) is -2.71. The van der Waals surface area contributed by atoms with E-state index >= 15 is 0 Å². The van der Waals surface area contributed by atoms with Crippen molar-refractivity contribution in [2.75, 3.05) is 25.5 Å². The zero-order chi connectivity index (χ0) is 20.7. The Labute approximate surface area is 163 Å². The zero-order valence-corrected chi connectivity index (χ0v) is 16.4. The van der Waals surface area contributed by atoms with E-state index in [0.717, 1.165) is 40.6 Å². The highest BCUT2D eigenvalue weighted by molar-refractivity contribution is 7.89. The number of benzene rings is 2. The predicted octanol–water partition coefficient (Wildman–Crippen LogP) is 1.76. The molecule has 150 valence electrons. The minimum Gasteiger partial charge on any atom is -0.346 e. The van der Waals surface area contributed by atoms with Crippen LogP contribution in [0.2, 0.25) is 0 Å². The van der Waals surface area contributed by atoms with Gasteiger partial charge in [0.1, 0.15) is 5.82 Å². The van der Waals surface area contributed by atoms with Gasteiger partial charge in [-0.15, -0.1) is 0 Å². The average molecular weight is 407 g/mol. The summed E-state index contributed by atoms with van der Waals surface area (Å²) in [6.45, 7) is 1.20. The van der Waals surface area contributed by atoms with Crippen LogP contribution in [0.15, 0.2) is 53.4 Å². The van der Waals surface area contributed by atoms with E-state index in [1.165, 1.54) is 7.05 Å². The lowest BCUT2D eigenvalue weighted by Gasteiger charge is -2.17. The van der Waals surface area contributed by atoms with Gasteiger partial charge < -0.3 is 10.6 Å². The number of amides is 2. The number of sulfonamides is 1. The molecule has 0 spiro atoms. The van der Waals surface area contributed by atoms with Crippen molar-refractivity contribution in [3.8, 4) is 0 Å². The molecule has 0 bridgehead atoms. The number of nitrogens with zero attached hydrogens (tertiary/aromatic N) is 1. The Bertz CT molecular complexity index is 946. The maximum atomic E-state index is 13.0. The Hall–Kier alpha value is -2.78. The smallest absolute Gasteiger partial charge is 0.243 e. The van der Waals surface area contributed by atoms with Crippen molar-refractivity contribution in [3.63, 3.8) is 0 Å². The van der Waals surface area contributed by atoms with Crippen molar-refractivity contribution in [1.29, 1.82) is 0 Å². The van der Waals surface area contributed by atoms with E-state index < -0.39 is 34.2 Å². The maximum absolute atomic E-state index is 13.0. The lowest BCUT2D eigenvalue weighted by atomic mass is 10.1. The molecular formula is C19H22FN3O4S. The summed E-state index contributed by atoms with van der Waals surface area (Å²) >= 11 is 0. The first-order valence-electron chi connectivity index (χ1n) is 8.60. The van der Waals surface area contributed by atoms with E-state index in [4.69, 9.17) is 0 Å². The number of carbonyl (C=O) groups excluding carboxylic acids is 2. The maximum Gasteiger partial charge on any atom is 0.243 e. The molecule has 9 heteroatoms. The summed E-state index contributed by atoms with van der Waals surface area (Å²) in [4.78, 5) is 23.9. The number of anilines is 1. The highest BCUT2D eigenvalue weighted by atomic mass is 32.2. The molecule has 2 aromatic carbocycles. The van der Waals surface area contributed by atoms with Gasteiger partial charge in [-0.2, -0.15) is 4.31 Å². The molecule has 2 amide bonds. The molecular weight excluding hydrogens is 385 g/mol. The summed E-state index contributed by atoms with van der Waals surface area (Å²) in [5.41, 5.74) is 1.63. The zero-order valence-electron chi connectivity index (χ0n) is 15.6. The molecule has 0 aliphatic rings. The van der Waals surface area contributed by atoms with Crippen molar-refractivity contribution < 1.29 is 22.4 Å². The molecule has 0 heterocycles. The summed E-state index contributed by atoms with van der Waals surface area (Å²) in [6.07, 6.45) is 0.745. The summed E-state index contributed by atoms with van der Waals surface area (Å²) in [5.74, 6) is -1.61. The lowest BCUT2D eigenvalue weighted by molar-refractivity contribution is -0.124. The van der Waals surface area contributed by atoms with Gasteiger partial charge in [-0.25, -0.2) is 12.8 Å². The van der Waals surface area contributed by atoms with E-state index in [9.17, 15) is 22.4 Å². The van der Waals surface area contributed by atoms with Gasteiger partial charge >= 0.3 is 0 Å². The molecule has 0 fully saturated rings. The number of para-hydroxylation sites is 1. The fraction of sp³-hybridized carbons (Fsp3) is 0.263. The molecule has 0 saturated carbocycles. The number of rotatable bonds is 8. The molecule has 0 radical (unpaired) electrons. The van der Waals surface area contributed by atoms with Crippen molar-refractivity contribution in [2.24, 2.45) is 0 Å². The van der Waals surface area contributed by atoms with Crippen LogP contribution in [0, 0.1) is 5.82 Å². The Morgan fingerprint density at radius 1 is 1.04 bits per heavy atom. The highest BCUT2D eigenvalue weighted by Gasteiger charge is 2.23. The first kappa shape index (κ1) is 21.5. The molecule has 2 aromatic rings. The number of likely N-dealkylation sites (N-methyl/N-ethyl adjacent to an activating group) is 1. The average Bonchev–Trinajstić information content (AvgIpc) is 2.67. The molecule has 0 aromatic heterocycles. The molecule has 0 unspecified atom stereocenters. The van der Waals surface area contributed by atoms with Crippen LogP contribution in [0.1, 0.15) is 12.5 Å². The molecule has 2 rings (SSSR count). The monoisotopic (exact) mass is 407 g/mol. The van der Waals surface area contributed by atoms with Gasteiger partial charge in [-0.1, -0.05) is 25.1 Å². The van der Waals surface area contributed by atoms with Crippen molar-refractivity contribution in [2.45, 2.75) is 18.2 Å². The van der Waals surface area contributed by atoms with Crippen LogP contribution in [-0.2, 0) is 26.0 Å². The third-order valence-electron chi connectivity index (χ3n) is 4.01. The first-order valence-corrected chi connectivity index (χ1v) is 10.0. The third kappa shape index (κ3) is 5.61. The SMILES string of the molecule is CCc1ccccc1NC(=O)CNC(=O)CN(C)S(=O)(=O)c1ccc(F)cc1. The van der Waals surface area contributed by atoms with Gasteiger partial charge in [0.2, 0.25) is 21.8 Å². The number of aryl methyl sites for hydroxylation is 1. The van der Waals surface area contributed by atoms with Crippen LogP contribution in [-0.4, -0.2) is 44.7 Å². The summed E-state index contributed by atoms with van der Waals surface area (Å²) in [6, 6.07) is 11.6. The van der Waals surface area contributed by atoms with Crippen LogP contribution < -0.4 is 10.6 Å². The Balaban J connectivity index is 1.89. The van der Waals surface area contributed by atoms with E-state index in [1.54, 1.807) is 12.1 Å². The van der Waals surface area contributed by atoms with Crippen LogP contribution >= 0.6 is 0 Å². The standard InChI is InChI=1S/C19H22FN3O4S/c1-3-14-6-4-5-7-17(14)22-18(24)12-21-19(25)13-23(2)28(26,27)16-10-8-15(20)9-11-16/h4-11H,3,12-13H2,1-2H3,(H,21,25)(H,22,24). The predicted molar refractivity (Wildman–Crippen MR) is 104 cm³/mol. The topological polar surface area (TPSA) is 95.6 Å². The number of nitrogens with one attached hydrogen (secondary N) is 2. The quantitative estimate of drug-likeness (QED) is 0.697. The van der Waals surface area contributed by atoms with Gasteiger partial charge in [0, 0.05) is 12.7 Å². The highest BCUT2D eigenvalue weighted by Crippen LogP contribution is 2.15. The van der Waals surface area contributed by atoms with E-state index in [-0.39, 0.29) is 11.4 Å².